The second-order valence-corrected chi connectivity index (χ2v) is 13.8. The Morgan fingerprint density at radius 3 is 1.90 bits per heavy atom. The van der Waals surface area contributed by atoms with Gasteiger partial charge in [0.2, 0.25) is 0 Å². The third-order valence-electron chi connectivity index (χ3n) is 9.85. The van der Waals surface area contributed by atoms with Gasteiger partial charge in [-0.15, -0.1) is 0 Å². The van der Waals surface area contributed by atoms with E-state index in [1.54, 1.807) is 32.0 Å². The SMILES string of the molecule is CC(=O)OC[C@]12C(OC(=O)c3ccccc3)[C@H](OC(=O)c3cccnc3)C3C(OC(C)=O)C1(OC3(C)C)[C@@](C)(O)C[C@H](OC(C)=O)C2OC(C)=O. The summed E-state index contributed by atoms with van der Waals surface area (Å²) in [6, 6.07) is 10.7. The summed E-state index contributed by atoms with van der Waals surface area (Å²) in [7, 11) is 0. The molecule has 0 radical (unpaired) electrons. The van der Waals surface area contributed by atoms with E-state index < -0.39 is 107 Å². The van der Waals surface area contributed by atoms with E-state index in [4.69, 9.17) is 33.2 Å². The zero-order valence-electron chi connectivity index (χ0n) is 29.3. The largest absolute Gasteiger partial charge is 0.465 e. The van der Waals surface area contributed by atoms with Crippen LogP contribution in [0, 0.1) is 11.3 Å². The lowest BCUT2D eigenvalue weighted by molar-refractivity contribution is -0.362. The second kappa shape index (κ2) is 13.7. The first-order chi connectivity index (χ1) is 23.9. The molecule has 1 aromatic carbocycles. The van der Waals surface area contributed by atoms with Crippen molar-refractivity contribution in [1.29, 1.82) is 0 Å². The van der Waals surface area contributed by atoms with Crippen LogP contribution < -0.4 is 0 Å². The van der Waals surface area contributed by atoms with Gasteiger partial charge in [-0.25, -0.2) is 9.59 Å². The lowest BCUT2D eigenvalue weighted by atomic mass is 9.45. The second-order valence-electron chi connectivity index (χ2n) is 13.8. The molecular weight excluding hydrogens is 670 g/mol. The summed E-state index contributed by atoms with van der Waals surface area (Å²) in [4.78, 5) is 83.2. The molecule has 1 N–H and O–H groups in total. The van der Waals surface area contributed by atoms with Crippen molar-refractivity contribution in [1.82, 2.24) is 4.98 Å². The number of ether oxygens (including phenoxy) is 7. The maximum absolute atomic E-state index is 14.1. The Kier molecular flexibility index (Phi) is 10.0. The predicted octanol–water partition coefficient (Wildman–Crippen LogP) is 2.51. The third-order valence-corrected chi connectivity index (χ3v) is 9.85. The summed E-state index contributed by atoms with van der Waals surface area (Å²) in [5, 5.41) is 12.7. The van der Waals surface area contributed by atoms with Crippen LogP contribution >= 0.6 is 0 Å². The molecule has 2 saturated carbocycles. The van der Waals surface area contributed by atoms with Crippen molar-refractivity contribution in [2.45, 2.75) is 102 Å². The summed E-state index contributed by atoms with van der Waals surface area (Å²) < 4.78 is 42.7. The summed E-state index contributed by atoms with van der Waals surface area (Å²) in [5.41, 5.74) is -8.18. The monoisotopic (exact) mass is 711 g/mol. The van der Waals surface area contributed by atoms with Gasteiger partial charge < -0.3 is 38.3 Å². The zero-order chi connectivity index (χ0) is 37.5. The highest BCUT2D eigenvalue weighted by Crippen LogP contribution is 2.69. The molecular formula is C36H41NO14. The summed E-state index contributed by atoms with van der Waals surface area (Å²) in [6.45, 7) is 8.07. The Labute approximate surface area is 293 Å². The van der Waals surface area contributed by atoms with Crippen LogP contribution in [0.2, 0.25) is 0 Å². The normalized spacial score (nSPS) is 33.1. The number of carbonyl (C=O) groups is 6. The molecule has 1 saturated heterocycles. The fourth-order valence-electron chi connectivity index (χ4n) is 8.30. The van der Waals surface area contributed by atoms with E-state index in [9.17, 15) is 33.9 Å². The smallest absolute Gasteiger partial charge is 0.340 e. The molecule has 5 rings (SSSR count). The molecule has 9 atom stereocenters. The minimum absolute atomic E-state index is 0.00207. The van der Waals surface area contributed by atoms with Crippen molar-refractivity contribution in [2.75, 3.05) is 6.61 Å². The Balaban J connectivity index is 1.90. The van der Waals surface area contributed by atoms with E-state index in [-0.39, 0.29) is 11.1 Å². The van der Waals surface area contributed by atoms with Gasteiger partial charge in [-0.05, 0) is 45.0 Å². The number of aliphatic hydroxyl groups is 1. The number of carbonyl (C=O) groups excluding carboxylic acids is 6. The highest BCUT2D eigenvalue weighted by molar-refractivity contribution is 5.90. The van der Waals surface area contributed by atoms with Gasteiger partial charge in [-0.1, -0.05) is 18.2 Å². The molecule has 3 aliphatic rings. The van der Waals surface area contributed by atoms with Crippen molar-refractivity contribution < 1.29 is 67.0 Å². The van der Waals surface area contributed by atoms with E-state index in [0.717, 1.165) is 27.7 Å². The minimum atomic E-state index is -2.32. The Hall–Kier alpha value is -4.89. The van der Waals surface area contributed by atoms with Gasteiger partial charge in [0.05, 0.1) is 28.2 Å². The van der Waals surface area contributed by atoms with Crippen LogP contribution in [-0.4, -0.2) is 99.8 Å². The summed E-state index contributed by atoms with van der Waals surface area (Å²) in [6.07, 6.45) is -5.95. The first kappa shape index (κ1) is 37.4. The average Bonchev–Trinajstić information content (AvgIpc) is 3.24. The van der Waals surface area contributed by atoms with Crippen LogP contribution in [-0.2, 0) is 52.3 Å². The van der Waals surface area contributed by atoms with Crippen LogP contribution in [0.5, 0.6) is 0 Å². The number of fused-ring (bicyclic) bond motifs is 1. The molecule has 5 unspecified atom stereocenters. The Morgan fingerprint density at radius 2 is 1.33 bits per heavy atom. The number of hydrogen-bond donors (Lipinski definition) is 1. The molecule has 2 aliphatic carbocycles. The van der Waals surface area contributed by atoms with Crippen molar-refractivity contribution in [3.8, 4) is 0 Å². The standard InChI is InChI=1S/C36H41NO14/c1-19(38)45-18-35-28(47-21(3)40)25(46-20(2)39)16-34(7,44)36(35)29(48-22(4)41)26(33(5,6)51-36)27(49-32(43)24-14-11-15-37-17-24)30(35)50-31(42)23-12-9-8-10-13-23/h8-15,17,25-30,44H,16,18H2,1-7H3/t25-,26?,27+,28?,29?,30?,34-,35-,36?/m0/s1. The van der Waals surface area contributed by atoms with Gasteiger partial charge in [0.25, 0.3) is 0 Å². The maximum Gasteiger partial charge on any atom is 0.340 e. The van der Waals surface area contributed by atoms with Gasteiger partial charge >= 0.3 is 35.8 Å². The summed E-state index contributed by atoms with van der Waals surface area (Å²) >= 11 is 0. The van der Waals surface area contributed by atoms with Crippen molar-refractivity contribution >= 4 is 35.8 Å². The number of rotatable bonds is 9. The lowest BCUT2D eigenvalue weighted by Crippen LogP contribution is -2.85. The number of pyridine rings is 1. The lowest BCUT2D eigenvalue weighted by Gasteiger charge is -2.66. The van der Waals surface area contributed by atoms with Crippen LogP contribution in [0.1, 0.15) is 75.6 Å². The van der Waals surface area contributed by atoms with Crippen LogP contribution in [0.25, 0.3) is 0 Å². The van der Waals surface area contributed by atoms with Crippen LogP contribution in [0.4, 0.5) is 0 Å². The van der Waals surface area contributed by atoms with Crippen molar-refractivity contribution in [2.24, 2.45) is 11.3 Å². The maximum atomic E-state index is 14.1. The Morgan fingerprint density at radius 1 is 0.745 bits per heavy atom. The van der Waals surface area contributed by atoms with E-state index in [2.05, 4.69) is 4.98 Å². The van der Waals surface area contributed by atoms with E-state index >= 15 is 0 Å². The highest BCUT2D eigenvalue weighted by Gasteiger charge is 2.89. The molecule has 2 aromatic rings. The van der Waals surface area contributed by atoms with Gasteiger partial charge in [0.1, 0.15) is 30.3 Å². The molecule has 1 spiro atoms. The average molecular weight is 712 g/mol. The van der Waals surface area contributed by atoms with Gasteiger partial charge in [-0.3, -0.25) is 24.2 Å². The molecule has 1 aromatic heterocycles. The van der Waals surface area contributed by atoms with Crippen LogP contribution in [0.3, 0.4) is 0 Å². The molecule has 15 nitrogen and oxygen atoms in total. The molecule has 3 fully saturated rings. The molecule has 0 amide bonds. The fraction of sp³-hybridized carbons (Fsp3) is 0.528. The Bertz CT molecular complexity index is 1690. The minimum Gasteiger partial charge on any atom is -0.465 e. The van der Waals surface area contributed by atoms with E-state index in [1.807, 2.05) is 0 Å². The van der Waals surface area contributed by atoms with Gasteiger partial charge in [0, 0.05) is 46.5 Å². The van der Waals surface area contributed by atoms with Crippen LogP contribution in [0.15, 0.2) is 54.9 Å². The zero-order valence-corrected chi connectivity index (χ0v) is 29.3. The molecule has 2 bridgehead atoms. The fourth-order valence-corrected chi connectivity index (χ4v) is 8.30. The van der Waals surface area contributed by atoms with Crippen molar-refractivity contribution in [3.05, 3.63) is 66.0 Å². The first-order valence-corrected chi connectivity index (χ1v) is 16.3. The molecule has 15 heteroatoms. The predicted molar refractivity (Wildman–Crippen MR) is 171 cm³/mol. The molecule has 51 heavy (non-hydrogen) atoms. The van der Waals surface area contributed by atoms with E-state index in [0.29, 0.717) is 0 Å². The van der Waals surface area contributed by atoms with Gasteiger partial charge in [-0.2, -0.15) is 0 Å². The first-order valence-electron chi connectivity index (χ1n) is 16.3. The number of nitrogens with zero attached hydrogens (tertiary/aromatic N) is 1. The van der Waals surface area contributed by atoms with Crippen molar-refractivity contribution in [3.63, 3.8) is 0 Å². The topological polar surface area (TPSA) is 200 Å². The number of hydrogen-bond acceptors (Lipinski definition) is 15. The molecule has 274 valence electrons. The van der Waals surface area contributed by atoms with Gasteiger partial charge in [0.15, 0.2) is 17.8 Å². The number of aromatic nitrogens is 1. The molecule has 2 heterocycles. The summed E-state index contributed by atoms with van der Waals surface area (Å²) in [5.74, 6) is -6.48. The molecule has 1 aliphatic heterocycles. The number of benzene rings is 1. The highest BCUT2D eigenvalue weighted by atomic mass is 16.7. The third kappa shape index (κ3) is 6.44. The number of esters is 6. The van der Waals surface area contributed by atoms with E-state index in [1.165, 1.54) is 43.6 Å². The quantitative estimate of drug-likeness (QED) is 0.294.